The highest BCUT2D eigenvalue weighted by atomic mass is 16.5. The highest BCUT2D eigenvalue weighted by molar-refractivity contribution is 6.07. The number of carbonyl (C=O) groups excluding carboxylic acids is 1. The van der Waals surface area contributed by atoms with Gasteiger partial charge in [-0.15, -0.1) is 0 Å². The molecule has 0 radical (unpaired) electrons. The fraction of sp³-hybridized carbons (Fsp3) is 0.188. The molecule has 1 unspecified atom stereocenters. The highest BCUT2D eigenvalue weighted by Crippen LogP contribution is 2.16. The monoisotopic (exact) mass is 300 g/mol. The van der Waals surface area contributed by atoms with E-state index in [9.17, 15) is 9.59 Å². The number of aryl methyl sites for hydroxylation is 1. The van der Waals surface area contributed by atoms with Gasteiger partial charge in [0.1, 0.15) is 5.75 Å². The van der Waals surface area contributed by atoms with Crippen molar-refractivity contribution in [1.82, 2.24) is 9.78 Å². The van der Waals surface area contributed by atoms with Gasteiger partial charge in [0, 0.05) is 24.4 Å². The zero-order valence-electron chi connectivity index (χ0n) is 12.3. The third-order valence-electron chi connectivity index (χ3n) is 2.93. The molecule has 0 saturated carbocycles. The number of ether oxygens (including phenoxy) is 1. The molecule has 0 fully saturated rings. The van der Waals surface area contributed by atoms with E-state index in [-0.39, 0.29) is 5.78 Å². The van der Waals surface area contributed by atoms with Gasteiger partial charge in [0.25, 0.3) is 0 Å². The number of aliphatic carboxylic acids is 1. The average Bonchev–Trinajstić information content (AvgIpc) is 2.90. The number of carbonyl (C=O) groups is 2. The standard InChI is InChI=1S/C16H16N2O4/c1-11(16(20)21)22-14-5-3-4-13(8-14)15(19)7-6-12-9-17-18(2)10-12/h3-11H,1-2H3,(H,20,21)/b7-6+. The van der Waals surface area contributed by atoms with Crippen molar-refractivity contribution in [1.29, 1.82) is 0 Å². The maximum Gasteiger partial charge on any atom is 0.344 e. The van der Waals surface area contributed by atoms with E-state index in [0.717, 1.165) is 5.56 Å². The second kappa shape index (κ2) is 6.71. The van der Waals surface area contributed by atoms with Crippen molar-refractivity contribution in [2.24, 2.45) is 7.05 Å². The van der Waals surface area contributed by atoms with Gasteiger partial charge in [-0.25, -0.2) is 4.79 Å². The molecule has 0 spiro atoms. The summed E-state index contributed by atoms with van der Waals surface area (Å²) in [5.74, 6) is -0.916. The predicted molar refractivity (Wildman–Crippen MR) is 80.7 cm³/mol. The van der Waals surface area contributed by atoms with Crippen LogP contribution in [0.1, 0.15) is 22.8 Å². The first kappa shape index (κ1) is 15.5. The van der Waals surface area contributed by atoms with Crippen molar-refractivity contribution in [2.45, 2.75) is 13.0 Å². The third kappa shape index (κ3) is 4.05. The molecule has 1 atom stereocenters. The van der Waals surface area contributed by atoms with Crippen LogP contribution in [0.15, 0.2) is 42.7 Å². The Morgan fingerprint density at radius 3 is 2.82 bits per heavy atom. The predicted octanol–water partition coefficient (Wildman–Crippen LogP) is 2.17. The highest BCUT2D eigenvalue weighted by Gasteiger charge is 2.13. The molecule has 6 nitrogen and oxygen atoms in total. The van der Waals surface area contributed by atoms with Crippen LogP contribution in [0, 0.1) is 0 Å². The fourth-order valence-electron chi connectivity index (χ4n) is 1.77. The second-order valence-corrected chi connectivity index (χ2v) is 4.77. The van der Waals surface area contributed by atoms with Crippen molar-refractivity contribution in [2.75, 3.05) is 0 Å². The van der Waals surface area contributed by atoms with E-state index in [2.05, 4.69) is 5.10 Å². The van der Waals surface area contributed by atoms with Gasteiger partial charge in [0.15, 0.2) is 11.9 Å². The summed E-state index contributed by atoms with van der Waals surface area (Å²) in [6.07, 6.45) is 5.58. The normalized spacial score (nSPS) is 12.3. The summed E-state index contributed by atoms with van der Waals surface area (Å²) in [7, 11) is 1.80. The Labute approximate surface area is 127 Å². The number of benzene rings is 1. The van der Waals surface area contributed by atoms with Gasteiger partial charge in [-0.1, -0.05) is 12.1 Å². The Hall–Kier alpha value is -2.89. The molecule has 22 heavy (non-hydrogen) atoms. The van der Waals surface area contributed by atoms with Crippen LogP contribution in [0.3, 0.4) is 0 Å². The van der Waals surface area contributed by atoms with Crippen LogP contribution >= 0.6 is 0 Å². The molecular formula is C16H16N2O4. The topological polar surface area (TPSA) is 81.4 Å². The van der Waals surface area contributed by atoms with Crippen LogP contribution in [-0.2, 0) is 11.8 Å². The molecule has 1 N–H and O–H groups in total. The molecular weight excluding hydrogens is 284 g/mol. The van der Waals surface area contributed by atoms with Gasteiger partial charge in [-0.3, -0.25) is 9.48 Å². The minimum Gasteiger partial charge on any atom is -0.479 e. The molecule has 1 aromatic heterocycles. The van der Waals surface area contributed by atoms with E-state index in [0.29, 0.717) is 11.3 Å². The summed E-state index contributed by atoms with van der Waals surface area (Å²) in [6, 6.07) is 6.43. The lowest BCUT2D eigenvalue weighted by molar-refractivity contribution is -0.144. The second-order valence-electron chi connectivity index (χ2n) is 4.77. The summed E-state index contributed by atoms with van der Waals surface area (Å²) in [5.41, 5.74) is 1.25. The Morgan fingerprint density at radius 1 is 1.41 bits per heavy atom. The number of aromatic nitrogens is 2. The van der Waals surface area contributed by atoms with E-state index < -0.39 is 12.1 Å². The van der Waals surface area contributed by atoms with Crippen molar-refractivity contribution in [3.05, 3.63) is 53.9 Å². The average molecular weight is 300 g/mol. The Balaban J connectivity index is 2.10. The Kier molecular flexibility index (Phi) is 4.73. The van der Waals surface area contributed by atoms with Crippen molar-refractivity contribution < 1.29 is 19.4 Å². The quantitative estimate of drug-likeness (QED) is 0.653. The number of rotatable bonds is 6. The zero-order chi connectivity index (χ0) is 16.1. The summed E-state index contributed by atoms with van der Waals surface area (Å²) in [4.78, 5) is 22.9. The summed E-state index contributed by atoms with van der Waals surface area (Å²) >= 11 is 0. The summed E-state index contributed by atoms with van der Waals surface area (Å²) in [5, 5.41) is 12.8. The van der Waals surface area contributed by atoms with E-state index in [1.165, 1.54) is 19.1 Å². The van der Waals surface area contributed by atoms with Crippen molar-refractivity contribution in [3.8, 4) is 5.75 Å². The van der Waals surface area contributed by atoms with Gasteiger partial charge >= 0.3 is 5.97 Å². The van der Waals surface area contributed by atoms with Gasteiger partial charge in [0.2, 0.25) is 0 Å². The SMILES string of the molecule is CC(Oc1cccc(C(=O)/C=C/c2cnn(C)c2)c1)C(=O)O. The molecule has 0 amide bonds. The molecule has 0 aliphatic rings. The summed E-state index contributed by atoms with van der Waals surface area (Å²) in [6.45, 7) is 1.43. The fourth-order valence-corrected chi connectivity index (χ4v) is 1.77. The van der Waals surface area contributed by atoms with Crippen molar-refractivity contribution >= 4 is 17.8 Å². The number of hydrogen-bond donors (Lipinski definition) is 1. The lowest BCUT2D eigenvalue weighted by Crippen LogP contribution is -2.22. The molecule has 1 aromatic carbocycles. The lowest BCUT2D eigenvalue weighted by Gasteiger charge is -2.10. The van der Waals surface area contributed by atoms with Crippen LogP contribution in [0.2, 0.25) is 0 Å². The van der Waals surface area contributed by atoms with E-state index >= 15 is 0 Å². The molecule has 2 aromatic rings. The van der Waals surface area contributed by atoms with Crippen LogP contribution in [-0.4, -0.2) is 32.7 Å². The Bertz CT molecular complexity index is 718. The molecule has 0 aliphatic carbocycles. The van der Waals surface area contributed by atoms with Crippen LogP contribution in [0.5, 0.6) is 5.75 Å². The number of allylic oxidation sites excluding steroid dienone is 1. The summed E-state index contributed by atoms with van der Waals surface area (Å²) < 4.78 is 6.89. The number of hydrogen-bond acceptors (Lipinski definition) is 4. The van der Waals surface area contributed by atoms with Crippen molar-refractivity contribution in [3.63, 3.8) is 0 Å². The number of carboxylic acid groups (broad SMARTS) is 1. The largest absolute Gasteiger partial charge is 0.479 e. The molecule has 0 aliphatic heterocycles. The number of ketones is 1. The first-order valence-electron chi connectivity index (χ1n) is 6.66. The number of nitrogens with zero attached hydrogens (tertiary/aromatic N) is 2. The van der Waals surface area contributed by atoms with Gasteiger partial charge in [0.05, 0.1) is 6.20 Å². The van der Waals surface area contributed by atoms with Gasteiger partial charge < -0.3 is 9.84 Å². The molecule has 6 heteroatoms. The maximum atomic E-state index is 12.1. The first-order chi connectivity index (χ1) is 10.5. The first-order valence-corrected chi connectivity index (χ1v) is 6.66. The third-order valence-corrected chi connectivity index (χ3v) is 2.93. The molecule has 114 valence electrons. The molecule has 1 heterocycles. The Morgan fingerprint density at radius 2 is 2.18 bits per heavy atom. The van der Waals surface area contributed by atoms with E-state index in [4.69, 9.17) is 9.84 Å². The minimum absolute atomic E-state index is 0.197. The van der Waals surface area contributed by atoms with Crippen LogP contribution in [0.25, 0.3) is 6.08 Å². The smallest absolute Gasteiger partial charge is 0.344 e. The number of carboxylic acids is 1. The molecule has 0 saturated heterocycles. The van der Waals surface area contributed by atoms with E-state index in [1.54, 1.807) is 48.4 Å². The van der Waals surface area contributed by atoms with Crippen LogP contribution < -0.4 is 4.74 Å². The molecule has 0 bridgehead atoms. The van der Waals surface area contributed by atoms with E-state index in [1.807, 2.05) is 0 Å². The van der Waals surface area contributed by atoms with Crippen LogP contribution in [0.4, 0.5) is 0 Å². The van der Waals surface area contributed by atoms with Gasteiger partial charge in [-0.2, -0.15) is 5.10 Å². The molecule has 2 rings (SSSR count). The van der Waals surface area contributed by atoms with Gasteiger partial charge in [-0.05, 0) is 31.2 Å². The minimum atomic E-state index is -1.06. The zero-order valence-corrected chi connectivity index (χ0v) is 12.3. The maximum absolute atomic E-state index is 12.1. The lowest BCUT2D eigenvalue weighted by atomic mass is 10.1.